The Morgan fingerprint density at radius 3 is 1.67 bits per heavy atom. The van der Waals surface area contributed by atoms with Crippen LogP contribution in [0.5, 0.6) is 0 Å². The Labute approximate surface area is 191 Å². The highest BCUT2D eigenvalue weighted by Gasteiger charge is 2.19. The summed E-state index contributed by atoms with van der Waals surface area (Å²) in [5.74, 6) is 0. The Balaban J connectivity index is 1.70. The van der Waals surface area contributed by atoms with Crippen LogP contribution in [-0.4, -0.2) is 14.1 Å². The van der Waals surface area contributed by atoms with E-state index in [1.54, 1.807) is 0 Å². The molecule has 33 heavy (non-hydrogen) atoms. The van der Waals surface area contributed by atoms with Crippen LogP contribution in [0.2, 0.25) is 0 Å². The van der Waals surface area contributed by atoms with Crippen molar-refractivity contribution < 1.29 is 0 Å². The number of aromatic nitrogens is 3. The lowest BCUT2D eigenvalue weighted by Gasteiger charge is -2.09. The van der Waals surface area contributed by atoms with Crippen molar-refractivity contribution in [1.29, 1.82) is 0 Å². The van der Waals surface area contributed by atoms with Gasteiger partial charge in [0.15, 0.2) is 0 Å². The number of benzene rings is 4. The summed E-state index contributed by atoms with van der Waals surface area (Å²) >= 11 is 0. The van der Waals surface area contributed by atoms with Gasteiger partial charge >= 0.3 is 0 Å². The smallest absolute Gasteiger partial charge is 0.148 e. The topological polar surface area (TPSA) is 22.8 Å². The van der Waals surface area contributed by atoms with Crippen LogP contribution in [0.1, 0.15) is 5.56 Å². The number of nitrogens with zero attached hydrogens (tertiary/aromatic N) is 3. The van der Waals surface area contributed by atoms with E-state index in [0.29, 0.717) is 0 Å². The minimum Gasteiger partial charge on any atom is -0.294 e. The van der Waals surface area contributed by atoms with Crippen molar-refractivity contribution in [2.24, 2.45) is 0 Å². The van der Waals surface area contributed by atoms with Crippen molar-refractivity contribution in [3.63, 3.8) is 0 Å². The predicted octanol–water partition coefficient (Wildman–Crippen LogP) is 7.58. The van der Waals surface area contributed by atoms with E-state index < -0.39 is 0 Å². The van der Waals surface area contributed by atoms with Crippen molar-refractivity contribution >= 4 is 43.9 Å². The van der Waals surface area contributed by atoms with E-state index in [1.807, 2.05) is 0 Å². The quantitative estimate of drug-likeness (QED) is 0.281. The molecule has 3 aromatic heterocycles. The predicted molar refractivity (Wildman–Crippen MR) is 138 cm³/mol. The largest absolute Gasteiger partial charge is 0.294 e. The van der Waals surface area contributed by atoms with Gasteiger partial charge in [-0.2, -0.15) is 0 Å². The molecule has 0 N–H and O–H groups in total. The van der Waals surface area contributed by atoms with Crippen molar-refractivity contribution in [1.82, 2.24) is 14.1 Å². The van der Waals surface area contributed by atoms with Gasteiger partial charge in [-0.25, -0.2) is 4.98 Å². The van der Waals surface area contributed by atoms with E-state index >= 15 is 0 Å². The maximum absolute atomic E-state index is 5.36. The molecule has 0 radical (unpaired) electrons. The van der Waals surface area contributed by atoms with Crippen LogP contribution in [0, 0.1) is 6.92 Å². The Hall–Kier alpha value is -4.37. The van der Waals surface area contributed by atoms with Crippen LogP contribution in [0.3, 0.4) is 0 Å². The zero-order valence-electron chi connectivity index (χ0n) is 18.2. The SMILES string of the molecule is Cc1cccc(-n2c3ccccc3c3cc4c5ccccc5n(-c5ccccc5)c4nc32)c1. The number of aryl methyl sites for hydroxylation is 1. The first kappa shape index (κ1) is 18.2. The molecular weight excluding hydrogens is 402 g/mol. The third kappa shape index (κ3) is 2.60. The van der Waals surface area contributed by atoms with Gasteiger partial charge in [-0.1, -0.05) is 66.7 Å². The minimum absolute atomic E-state index is 0.978. The first-order valence-corrected chi connectivity index (χ1v) is 11.3. The fourth-order valence-corrected chi connectivity index (χ4v) is 5.12. The maximum atomic E-state index is 5.36. The summed E-state index contributed by atoms with van der Waals surface area (Å²) < 4.78 is 4.58. The highest BCUT2D eigenvalue weighted by atomic mass is 15.1. The Bertz CT molecular complexity index is 1820. The molecule has 0 unspecified atom stereocenters. The van der Waals surface area contributed by atoms with E-state index in [2.05, 4.69) is 125 Å². The lowest BCUT2D eigenvalue weighted by Crippen LogP contribution is -1.98. The summed E-state index contributed by atoms with van der Waals surface area (Å²) in [5.41, 5.74) is 7.79. The molecule has 0 aliphatic rings. The standard InChI is InChI=1S/C30H21N3/c1-20-10-9-13-22(18-20)33-28-17-8-6-15-24(28)26-19-25-23-14-5-7-16-27(23)32(29(25)31-30(26)33)21-11-3-2-4-12-21/h2-19H,1H3. The lowest BCUT2D eigenvalue weighted by molar-refractivity contribution is 1.10. The summed E-state index contributed by atoms with van der Waals surface area (Å²) in [4.78, 5) is 5.36. The number of pyridine rings is 1. The molecule has 3 nitrogen and oxygen atoms in total. The van der Waals surface area contributed by atoms with E-state index in [0.717, 1.165) is 22.7 Å². The van der Waals surface area contributed by atoms with E-state index in [9.17, 15) is 0 Å². The van der Waals surface area contributed by atoms with Crippen molar-refractivity contribution in [2.45, 2.75) is 6.92 Å². The molecule has 7 rings (SSSR count). The Morgan fingerprint density at radius 2 is 1.03 bits per heavy atom. The van der Waals surface area contributed by atoms with E-state index in [-0.39, 0.29) is 0 Å². The van der Waals surface area contributed by atoms with Crippen LogP contribution >= 0.6 is 0 Å². The van der Waals surface area contributed by atoms with Crippen LogP contribution < -0.4 is 0 Å². The third-order valence-electron chi connectivity index (χ3n) is 6.55. The van der Waals surface area contributed by atoms with Gasteiger partial charge < -0.3 is 0 Å². The van der Waals surface area contributed by atoms with Gasteiger partial charge in [-0.3, -0.25) is 9.13 Å². The monoisotopic (exact) mass is 423 g/mol. The maximum Gasteiger partial charge on any atom is 0.148 e. The van der Waals surface area contributed by atoms with Gasteiger partial charge in [0.1, 0.15) is 11.3 Å². The zero-order valence-corrected chi connectivity index (χ0v) is 18.2. The second-order valence-electron chi connectivity index (χ2n) is 8.61. The Morgan fingerprint density at radius 1 is 0.485 bits per heavy atom. The molecule has 156 valence electrons. The average molecular weight is 424 g/mol. The molecular formula is C30H21N3. The van der Waals surface area contributed by atoms with Gasteiger partial charge in [-0.05, 0) is 55.0 Å². The summed E-state index contributed by atoms with van der Waals surface area (Å²) in [6, 6.07) is 38.7. The second kappa shape index (κ2) is 6.81. The van der Waals surface area contributed by atoms with Gasteiger partial charge in [0.25, 0.3) is 0 Å². The number of para-hydroxylation sites is 3. The fraction of sp³-hybridized carbons (Fsp3) is 0.0333. The molecule has 0 aliphatic carbocycles. The van der Waals surface area contributed by atoms with Crippen LogP contribution in [0.4, 0.5) is 0 Å². The highest BCUT2D eigenvalue weighted by molar-refractivity contribution is 6.16. The normalized spacial score (nSPS) is 11.8. The van der Waals surface area contributed by atoms with Gasteiger partial charge in [-0.15, -0.1) is 0 Å². The number of hydrogen-bond acceptors (Lipinski definition) is 1. The molecule has 0 amide bonds. The van der Waals surface area contributed by atoms with Crippen LogP contribution in [0.25, 0.3) is 55.2 Å². The molecule has 0 bridgehead atoms. The second-order valence-corrected chi connectivity index (χ2v) is 8.61. The van der Waals surface area contributed by atoms with Gasteiger partial charge in [0.05, 0.1) is 11.0 Å². The third-order valence-corrected chi connectivity index (χ3v) is 6.55. The zero-order chi connectivity index (χ0) is 21.9. The summed E-state index contributed by atoms with van der Waals surface area (Å²) in [6.45, 7) is 2.14. The molecule has 0 fully saturated rings. The van der Waals surface area contributed by atoms with Crippen molar-refractivity contribution in [3.8, 4) is 11.4 Å². The molecule has 3 heteroatoms. The number of fused-ring (bicyclic) bond motifs is 6. The molecule has 0 aliphatic heterocycles. The molecule has 0 saturated heterocycles. The van der Waals surface area contributed by atoms with Gasteiger partial charge in [0.2, 0.25) is 0 Å². The molecule has 0 saturated carbocycles. The molecule has 4 aromatic carbocycles. The Kier molecular flexibility index (Phi) is 3.76. The van der Waals surface area contributed by atoms with Crippen molar-refractivity contribution in [3.05, 3.63) is 115 Å². The first-order valence-electron chi connectivity index (χ1n) is 11.3. The summed E-state index contributed by atoms with van der Waals surface area (Å²) in [5, 5.41) is 4.79. The first-order chi connectivity index (χ1) is 16.3. The van der Waals surface area contributed by atoms with Gasteiger partial charge in [0, 0.05) is 32.9 Å². The number of rotatable bonds is 2. The average Bonchev–Trinajstić information content (AvgIpc) is 3.35. The minimum atomic E-state index is 0.978. The van der Waals surface area contributed by atoms with Crippen LogP contribution in [-0.2, 0) is 0 Å². The molecule has 0 atom stereocenters. The molecule has 0 spiro atoms. The highest BCUT2D eigenvalue weighted by Crippen LogP contribution is 2.37. The van der Waals surface area contributed by atoms with Crippen LogP contribution in [0.15, 0.2) is 109 Å². The van der Waals surface area contributed by atoms with Crippen molar-refractivity contribution in [2.75, 3.05) is 0 Å². The molecule has 7 aromatic rings. The lowest BCUT2D eigenvalue weighted by atomic mass is 10.1. The fourth-order valence-electron chi connectivity index (χ4n) is 5.12. The summed E-state index contributed by atoms with van der Waals surface area (Å²) in [7, 11) is 0. The molecule has 3 heterocycles. The van der Waals surface area contributed by atoms with E-state index in [1.165, 1.54) is 38.1 Å². The number of hydrogen-bond donors (Lipinski definition) is 0. The summed E-state index contributed by atoms with van der Waals surface area (Å²) in [6.07, 6.45) is 0. The van der Waals surface area contributed by atoms with E-state index in [4.69, 9.17) is 4.98 Å².